The molecular formula is C12H19NO3. The average molecular weight is 225 g/mol. The lowest BCUT2D eigenvalue weighted by atomic mass is 10.2. The van der Waals surface area contributed by atoms with Gasteiger partial charge in [0.2, 0.25) is 0 Å². The Morgan fingerprint density at radius 1 is 1.06 bits per heavy atom. The van der Waals surface area contributed by atoms with Gasteiger partial charge < -0.3 is 20.3 Å². The molecule has 4 heteroatoms. The Morgan fingerprint density at radius 3 is 2.44 bits per heavy atom. The predicted octanol–water partition coefficient (Wildman–Crippen LogP) is 0.530. The zero-order valence-electron chi connectivity index (χ0n) is 9.35. The lowest BCUT2D eigenvalue weighted by Gasteiger charge is -2.06. The summed E-state index contributed by atoms with van der Waals surface area (Å²) in [7, 11) is 0. The zero-order valence-corrected chi connectivity index (χ0v) is 9.35. The second kappa shape index (κ2) is 8.10. The molecule has 0 radical (unpaired) electrons. The number of benzene rings is 1. The van der Waals surface area contributed by atoms with Crippen LogP contribution in [0.4, 0.5) is 0 Å². The molecule has 0 aliphatic rings. The van der Waals surface area contributed by atoms with Crippen LogP contribution in [0.25, 0.3) is 0 Å². The van der Waals surface area contributed by atoms with E-state index < -0.39 is 0 Å². The first-order chi connectivity index (χ1) is 7.86. The molecule has 1 rings (SSSR count). The molecule has 0 bridgehead atoms. The van der Waals surface area contributed by atoms with E-state index >= 15 is 0 Å². The van der Waals surface area contributed by atoms with Crippen LogP contribution in [0.5, 0.6) is 5.75 Å². The Labute approximate surface area is 95.9 Å². The summed E-state index contributed by atoms with van der Waals surface area (Å²) in [5.41, 5.74) is 1.18. The standard InChI is InChI=1S/C12H19NO3/c14-7-1-6-13-10-11-2-4-12(5-3-11)16-9-8-15/h2-5,13-15H,1,6-10H2. The van der Waals surface area contributed by atoms with Gasteiger partial charge in [0.15, 0.2) is 0 Å². The number of aliphatic hydroxyl groups is 2. The molecule has 90 valence electrons. The van der Waals surface area contributed by atoms with Crippen LogP contribution in [0.15, 0.2) is 24.3 Å². The van der Waals surface area contributed by atoms with E-state index in [4.69, 9.17) is 14.9 Å². The van der Waals surface area contributed by atoms with Crippen molar-refractivity contribution in [2.45, 2.75) is 13.0 Å². The summed E-state index contributed by atoms with van der Waals surface area (Å²) in [5.74, 6) is 0.771. The summed E-state index contributed by atoms with van der Waals surface area (Å²) in [5, 5.41) is 20.4. The van der Waals surface area contributed by atoms with Gasteiger partial charge in [0.1, 0.15) is 12.4 Å². The molecule has 0 spiro atoms. The third-order valence-electron chi connectivity index (χ3n) is 2.12. The van der Waals surface area contributed by atoms with Crippen LogP contribution in [-0.2, 0) is 6.54 Å². The first-order valence-corrected chi connectivity index (χ1v) is 5.51. The van der Waals surface area contributed by atoms with Gasteiger partial charge in [-0.2, -0.15) is 0 Å². The smallest absolute Gasteiger partial charge is 0.119 e. The van der Waals surface area contributed by atoms with Crippen molar-refractivity contribution in [2.75, 3.05) is 26.4 Å². The molecule has 16 heavy (non-hydrogen) atoms. The monoisotopic (exact) mass is 225 g/mol. The Balaban J connectivity index is 2.27. The number of aliphatic hydroxyl groups excluding tert-OH is 2. The van der Waals surface area contributed by atoms with Crippen molar-refractivity contribution in [2.24, 2.45) is 0 Å². The molecule has 0 heterocycles. The Morgan fingerprint density at radius 2 is 1.81 bits per heavy atom. The minimum absolute atomic E-state index is 0.0322. The van der Waals surface area contributed by atoms with Crippen molar-refractivity contribution in [1.82, 2.24) is 5.32 Å². The third-order valence-corrected chi connectivity index (χ3v) is 2.12. The highest BCUT2D eigenvalue weighted by Crippen LogP contribution is 2.11. The van der Waals surface area contributed by atoms with Crippen molar-refractivity contribution in [1.29, 1.82) is 0 Å². The second-order valence-corrected chi connectivity index (χ2v) is 3.47. The Kier molecular flexibility index (Phi) is 6.56. The van der Waals surface area contributed by atoms with Gasteiger partial charge in [-0.25, -0.2) is 0 Å². The lowest BCUT2D eigenvalue weighted by Crippen LogP contribution is -2.15. The fourth-order valence-corrected chi connectivity index (χ4v) is 1.30. The van der Waals surface area contributed by atoms with E-state index in [9.17, 15) is 0 Å². The van der Waals surface area contributed by atoms with Crippen LogP contribution >= 0.6 is 0 Å². The summed E-state index contributed by atoms with van der Waals surface area (Å²) in [6, 6.07) is 7.74. The molecule has 0 unspecified atom stereocenters. The van der Waals surface area contributed by atoms with Crippen molar-refractivity contribution in [3.63, 3.8) is 0 Å². The van der Waals surface area contributed by atoms with E-state index in [1.807, 2.05) is 24.3 Å². The first-order valence-electron chi connectivity index (χ1n) is 5.51. The van der Waals surface area contributed by atoms with Gasteiger partial charge in [-0.1, -0.05) is 12.1 Å². The van der Waals surface area contributed by atoms with Gasteiger partial charge >= 0.3 is 0 Å². The van der Waals surface area contributed by atoms with Crippen LogP contribution in [-0.4, -0.2) is 36.6 Å². The molecule has 4 nitrogen and oxygen atoms in total. The molecule has 1 aromatic rings. The lowest BCUT2D eigenvalue weighted by molar-refractivity contribution is 0.201. The van der Waals surface area contributed by atoms with Crippen molar-refractivity contribution in [3.8, 4) is 5.75 Å². The zero-order chi connectivity index (χ0) is 11.6. The quantitative estimate of drug-likeness (QED) is 0.565. The van der Waals surface area contributed by atoms with E-state index in [1.54, 1.807) is 0 Å². The molecule has 0 saturated heterocycles. The summed E-state index contributed by atoms with van der Waals surface area (Å²) >= 11 is 0. The van der Waals surface area contributed by atoms with E-state index in [-0.39, 0.29) is 13.2 Å². The molecule has 0 fully saturated rings. The molecule has 3 N–H and O–H groups in total. The van der Waals surface area contributed by atoms with Crippen LogP contribution in [0.2, 0.25) is 0 Å². The maximum Gasteiger partial charge on any atom is 0.119 e. The van der Waals surface area contributed by atoms with E-state index in [0.29, 0.717) is 6.61 Å². The fraction of sp³-hybridized carbons (Fsp3) is 0.500. The third kappa shape index (κ3) is 5.11. The van der Waals surface area contributed by atoms with Crippen LogP contribution < -0.4 is 10.1 Å². The maximum atomic E-state index is 8.61. The maximum absolute atomic E-state index is 8.61. The number of hydrogen-bond donors (Lipinski definition) is 3. The Hall–Kier alpha value is -1.10. The predicted molar refractivity (Wildman–Crippen MR) is 62.4 cm³/mol. The van der Waals surface area contributed by atoms with Crippen molar-refractivity contribution < 1.29 is 14.9 Å². The van der Waals surface area contributed by atoms with Crippen LogP contribution in [0.3, 0.4) is 0 Å². The van der Waals surface area contributed by atoms with Crippen LogP contribution in [0.1, 0.15) is 12.0 Å². The summed E-state index contributed by atoms with van der Waals surface area (Å²) < 4.78 is 5.25. The van der Waals surface area contributed by atoms with E-state index in [2.05, 4.69) is 5.32 Å². The van der Waals surface area contributed by atoms with Crippen molar-refractivity contribution >= 4 is 0 Å². The Bertz CT molecular complexity index is 274. The average Bonchev–Trinajstić information content (AvgIpc) is 2.33. The number of ether oxygens (including phenoxy) is 1. The van der Waals surface area contributed by atoms with Gasteiger partial charge in [0.25, 0.3) is 0 Å². The molecule has 0 aliphatic heterocycles. The number of nitrogens with one attached hydrogen (secondary N) is 1. The topological polar surface area (TPSA) is 61.7 Å². The number of rotatable bonds is 8. The van der Waals surface area contributed by atoms with Crippen molar-refractivity contribution in [3.05, 3.63) is 29.8 Å². The van der Waals surface area contributed by atoms with Gasteiger partial charge in [0, 0.05) is 13.2 Å². The first kappa shape index (κ1) is 13.0. The molecule has 0 aliphatic carbocycles. The van der Waals surface area contributed by atoms with Gasteiger partial charge in [0.05, 0.1) is 6.61 Å². The molecule has 0 amide bonds. The van der Waals surface area contributed by atoms with Gasteiger partial charge in [-0.3, -0.25) is 0 Å². The second-order valence-electron chi connectivity index (χ2n) is 3.47. The van der Waals surface area contributed by atoms with Crippen LogP contribution in [0, 0.1) is 0 Å². The number of hydrogen-bond acceptors (Lipinski definition) is 4. The fourth-order valence-electron chi connectivity index (χ4n) is 1.30. The van der Waals surface area contributed by atoms with E-state index in [1.165, 1.54) is 5.56 Å². The summed E-state index contributed by atoms with van der Waals surface area (Å²) in [6.45, 7) is 2.19. The largest absolute Gasteiger partial charge is 0.491 e. The molecule has 1 aromatic carbocycles. The minimum Gasteiger partial charge on any atom is -0.491 e. The van der Waals surface area contributed by atoms with E-state index in [0.717, 1.165) is 25.3 Å². The highest BCUT2D eigenvalue weighted by molar-refractivity contribution is 5.27. The van der Waals surface area contributed by atoms with Gasteiger partial charge in [-0.05, 0) is 30.7 Å². The highest BCUT2D eigenvalue weighted by atomic mass is 16.5. The summed E-state index contributed by atoms with van der Waals surface area (Å²) in [6.07, 6.45) is 0.775. The molecule has 0 atom stereocenters. The summed E-state index contributed by atoms with van der Waals surface area (Å²) in [4.78, 5) is 0. The normalized spacial score (nSPS) is 10.4. The SMILES string of the molecule is OCCCNCc1ccc(OCCO)cc1. The minimum atomic E-state index is 0.0322. The molecular weight excluding hydrogens is 206 g/mol. The van der Waals surface area contributed by atoms with Gasteiger partial charge in [-0.15, -0.1) is 0 Å². The molecule has 0 aromatic heterocycles. The highest BCUT2D eigenvalue weighted by Gasteiger charge is 1.95. The molecule has 0 saturated carbocycles.